The molecule has 4 heteroatoms. The number of hydrogen-bond acceptors (Lipinski definition) is 3. The Balaban J connectivity index is 2.87. The van der Waals surface area contributed by atoms with Gasteiger partial charge in [0.25, 0.3) is 0 Å². The van der Waals surface area contributed by atoms with Crippen LogP contribution in [-0.4, -0.2) is 26.7 Å². The van der Waals surface area contributed by atoms with Crippen LogP contribution >= 0.6 is 0 Å². The van der Waals surface area contributed by atoms with Gasteiger partial charge < -0.3 is 10.1 Å². The molecule has 0 aliphatic carbocycles. The number of ether oxygens (including phenoxy) is 1. The maximum Gasteiger partial charge on any atom is 0.340 e. The van der Waals surface area contributed by atoms with Gasteiger partial charge in [0.2, 0.25) is 0 Å². The van der Waals surface area contributed by atoms with E-state index < -0.39 is 11.8 Å². The minimum atomic E-state index is -0.693. The molecule has 0 atom stereocenters. The molecule has 17 heavy (non-hydrogen) atoms. The summed E-state index contributed by atoms with van der Waals surface area (Å²) in [6.45, 7) is 0.790. The van der Waals surface area contributed by atoms with Crippen molar-refractivity contribution >= 4 is 5.97 Å². The fraction of sp³-hybridized carbons (Fsp3) is 0.308. The van der Waals surface area contributed by atoms with Gasteiger partial charge in [0.1, 0.15) is 5.82 Å². The van der Waals surface area contributed by atoms with Gasteiger partial charge in [0.05, 0.1) is 12.7 Å². The number of carbonyl (C=O) groups excluding carboxylic acids is 1. The Morgan fingerprint density at radius 2 is 2.29 bits per heavy atom. The number of methoxy groups -OCH3 is 1. The zero-order chi connectivity index (χ0) is 12.7. The number of carbonyl (C=O) groups is 1. The van der Waals surface area contributed by atoms with Gasteiger partial charge in [-0.15, -0.1) is 0 Å². The van der Waals surface area contributed by atoms with Gasteiger partial charge in [-0.2, -0.15) is 0 Å². The Labute approximate surface area is 100.0 Å². The van der Waals surface area contributed by atoms with E-state index in [1.807, 2.05) is 7.05 Å². The van der Waals surface area contributed by atoms with Crippen molar-refractivity contribution < 1.29 is 13.9 Å². The van der Waals surface area contributed by atoms with Crippen LogP contribution in [0.15, 0.2) is 18.2 Å². The van der Waals surface area contributed by atoms with Crippen molar-refractivity contribution in [2.45, 2.75) is 6.42 Å². The quantitative estimate of drug-likeness (QED) is 0.491. The topological polar surface area (TPSA) is 38.3 Å². The first-order valence-electron chi connectivity index (χ1n) is 5.20. The summed E-state index contributed by atoms with van der Waals surface area (Å²) in [5.74, 6) is 4.49. The first-order chi connectivity index (χ1) is 8.19. The summed E-state index contributed by atoms with van der Waals surface area (Å²) in [7, 11) is 3.06. The fourth-order valence-corrected chi connectivity index (χ4v) is 1.22. The molecule has 0 bridgehead atoms. The van der Waals surface area contributed by atoms with Crippen LogP contribution in [-0.2, 0) is 4.74 Å². The van der Waals surface area contributed by atoms with Crippen LogP contribution < -0.4 is 5.32 Å². The third-order valence-electron chi connectivity index (χ3n) is 2.10. The number of hydrogen-bond donors (Lipinski definition) is 1. The molecule has 0 aliphatic rings. The van der Waals surface area contributed by atoms with E-state index in [-0.39, 0.29) is 5.56 Å². The molecule has 0 heterocycles. The summed E-state index contributed by atoms with van der Waals surface area (Å²) in [6.07, 6.45) is 0.696. The van der Waals surface area contributed by atoms with Crippen LogP contribution in [0, 0.1) is 17.7 Å². The highest BCUT2D eigenvalue weighted by Crippen LogP contribution is 2.11. The molecular weight excluding hydrogens is 221 g/mol. The first kappa shape index (κ1) is 13.2. The number of benzene rings is 1. The largest absolute Gasteiger partial charge is 0.465 e. The van der Waals surface area contributed by atoms with Gasteiger partial charge in [-0.3, -0.25) is 0 Å². The van der Waals surface area contributed by atoms with Crippen molar-refractivity contribution in [1.82, 2.24) is 5.32 Å². The molecule has 3 nitrogen and oxygen atoms in total. The highest BCUT2D eigenvalue weighted by molar-refractivity contribution is 5.90. The molecule has 0 fully saturated rings. The number of rotatable bonds is 3. The second-order valence-corrected chi connectivity index (χ2v) is 3.34. The molecule has 1 aromatic carbocycles. The molecule has 1 aromatic rings. The monoisotopic (exact) mass is 235 g/mol. The van der Waals surface area contributed by atoms with Gasteiger partial charge in [-0.1, -0.05) is 11.8 Å². The maximum absolute atomic E-state index is 13.3. The van der Waals surface area contributed by atoms with Crippen LogP contribution in [0.4, 0.5) is 4.39 Å². The lowest BCUT2D eigenvalue weighted by atomic mass is 10.1. The molecule has 0 amide bonds. The minimum absolute atomic E-state index is 0.0899. The zero-order valence-corrected chi connectivity index (χ0v) is 9.84. The maximum atomic E-state index is 13.3. The highest BCUT2D eigenvalue weighted by Gasteiger charge is 2.11. The molecule has 0 saturated heterocycles. The van der Waals surface area contributed by atoms with Crippen LogP contribution in [0.25, 0.3) is 0 Å². The van der Waals surface area contributed by atoms with E-state index in [4.69, 9.17) is 0 Å². The Hall–Kier alpha value is -1.86. The molecule has 0 aliphatic heterocycles. The third kappa shape index (κ3) is 3.89. The van der Waals surface area contributed by atoms with Gasteiger partial charge >= 0.3 is 5.97 Å². The average molecular weight is 235 g/mol. The van der Waals surface area contributed by atoms with Gasteiger partial charge in [-0.05, 0) is 25.2 Å². The smallest absolute Gasteiger partial charge is 0.340 e. The van der Waals surface area contributed by atoms with Crippen molar-refractivity contribution in [1.29, 1.82) is 0 Å². The van der Waals surface area contributed by atoms with E-state index in [0.29, 0.717) is 12.0 Å². The predicted molar refractivity (Wildman–Crippen MR) is 63.2 cm³/mol. The Morgan fingerprint density at radius 1 is 1.53 bits per heavy atom. The standard InChI is InChI=1S/C13H14FNO2/c1-15-8-4-3-5-10-6-7-12(14)11(9-10)13(16)17-2/h6-7,9,15H,4,8H2,1-2H3. The summed E-state index contributed by atoms with van der Waals surface area (Å²) >= 11 is 0. The number of nitrogens with one attached hydrogen (secondary N) is 1. The van der Waals surface area contributed by atoms with Crippen molar-refractivity contribution in [2.75, 3.05) is 20.7 Å². The average Bonchev–Trinajstić information content (AvgIpc) is 2.35. The number of esters is 1. The van der Waals surface area contributed by atoms with Crippen molar-refractivity contribution in [3.8, 4) is 11.8 Å². The van der Waals surface area contributed by atoms with Crippen LogP contribution in [0.1, 0.15) is 22.3 Å². The Bertz CT molecular complexity index is 460. The molecule has 90 valence electrons. The van der Waals surface area contributed by atoms with Crippen LogP contribution in [0.2, 0.25) is 0 Å². The molecule has 1 N–H and O–H groups in total. The summed E-state index contributed by atoms with van der Waals surface area (Å²) in [5, 5.41) is 2.97. The molecule has 0 spiro atoms. The molecule has 0 unspecified atom stereocenters. The zero-order valence-electron chi connectivity index (χ0n) is 9.84. The summed E-state index contributed by atoms with van der Waals surface area (Å²) < 4.78 is 17.8. The first-order valence-corrected chi connectivity index (χ1v) is 5.20. The lowest BCUT2D eigenvalue weighted by Crippen LogP contribution is -2.06. The Morgan fingerprint density at radius 3 is 2.94 bits per heavy atom. The second-order valence-electron chi connectivity index (χ2n) is 3.34. The van der Waals surface area contributed by atoms with E-state index in [2.05, 4.69) is 21.9 Å². The third-order valence-corrected chi connectivity index (χ3v) is 2.10. The molecular formula is C13H14FNO2. The molecule has 0 saturated carbocycles. The minimum Gasteiger partial charge on any atom is -0.465 e. The van der Waals surface area contributed by atoms with Crippen molar-refractivity contribution in [2.24, 2.45) is 0 Å². The van der Waals surface area contributed by atoms with Gasteiger partial charge in [-0.25, -0.2) is 9.18 Å². The van der Waals surface area contributed by atoms with E-state index in [0.717, 1.165) is 6.54 Å². The van der Waals surface area contributed by atoms with Crippen molar-refractivity contribution in [3.63, 3.8) is 0 Å². The fourth-order valence-electron chi connectivity index (χ4n) is 1.22. The van der Waals surface area contributed by atoms with E-state index in [9.17, 15) is 9.18 Å². The molecule has 0 aromatic heterocycles. The SMILES string of the molecule is CNCCC#Cc1ccc(F)c(C(=O)OC)c1. The highest BCUT2D eigenvalue weighted by atomic mass is 19.1. The van der Waals surface area contributed by atoms with Crippen LogP contribution in [0.5, 0.6) is 0 Å². The lowest BCUT2D eigenvalue weighted by Gasteiger charge is -2.01. The second kappa shape index (κ2) is 6.66. The normalized spacial score (nSPS) is 9.35. The molecule has 0 radical (unpaired) electrons. The summed E-state index contributed by atoms with van der Waals surface area (Å²) in [4.78, 5) is 11.2. The lowest BCUT2D eigenvalue weighted by molar-refractivity contribution is 0.0595. The van der Waals surface area contributed by atoms with E-state index >= 15 is 0 Å². The summed E-state index contributed by atoms with van der Waals surface area (Å²) in [6, 6.07) is 4.15. The Kier molecular flexibility index (Phi) is 5.18. The van der Waals surface area contributed by atoms with Gasteiger partial charge in [0, 0.05) is 18.5 Å². The summed E-state index contributed by atoms with van der Waals surface area (Å²) in [5.41, 5.74) is 0.510. The van der Waals surface area contributed by atoms with Crippen molar-refractivity contribution in [3.05, 3.63) is 35.1 Å². The predicted octanol–water partition coefficient (Wildman–Crippen LogP) is 1.57. The van der Waals surface area contributed by atoms with E-state index in [1.54, 1.807) is 0 Å². The van der Waals surface area contributed by atoms with Crippen LogP contribution in [0.3, 0.4) is 0 Å². The van der Waals surface area contributed by atoms with Gasteiger partial charge in [0.15, 0.2) is 0 Å². The number of halogens is 1. The van der Waals surface area contributed by atoms with E-state index in [1.165, 1.54) is 25.3 Å². The molecule has 1 rings (SSSR count).